The summed E-state index contributed by atoms with van der Waals surface area (Å²) < 4.78 is 23.8. The molecule has 0 unspecified atom stereocenters. The van der Waals surface area contributed by atoms with Gasteiger partial charge in [0.2, 0.25) is 0 Å². The lowest BCUT2D eigenvalue weighted by Crippen LogP contribution is -1.96. The summed E-state index contributed by atoms with van der Waals surface area (Å²) in [6, 6.07) is 9.35. The average Bonchev–Trinajstić information content (AvgIpc) is 2.66. The van der Waals surface area contributed by atoms with E-state index in [0.717, 1.165) is 23.2 Å². The van der Waals surface area contributed by atoms with Crippen LogP contribution in [0.5, 0.6) is 0 Å². The predicted octanol–water partition coefficient (Wildman–Crippen LogP) is 2.58. The summed E-state index contributed by atoms with van der Waals surface area (Å²) in [6.07, 6.45) is 1.12. The number of hydrogen-bond donors (Lipinski definition) is 1. The monoisotopic (exact) mass is 292 g/mol. The lowest BCUT2D eigenvalue weighted by atomic mass is 10.0. The van der Waals surface area contributed by atoms with Crippen LogP contribution in [0.4, 0.5) is 5.00 Å². The van der Waals surface area contributed by atoms with Gasteiger partial charge in [-0.25, -0.2) is 8.42 Å². The van der Waals surface area contributed by atoms with Crippen LogP contribution in [0.1, 0.15) is 11.1 Å². The summed E-state index contributed by atoms with van der Waals surface area (Å²) >= 11 is 0.941. The molecule has 0 atom stereocenters. The van der Waals surface area contributed by atoms with Crippen molar-refractivity contribution < 1.29 is 8.42 Å². The van der Waals surface area contributed by atoms with E-state index in [1.54, 1.807) is 6.07 Å². The van der Waals surface area contributed by atoms with Crippen LogP contribution in [0.3, 0.4) is 0 Å². The number of sulfone groups is 1. The first kappa shape index (κ1) is 13.6. The molecule has 0 radical (unpaired) electrons. The molecule has 0 saturated carbocycles. The average molecular weight is 292 g/mol. The lowest BCUT2D eigenvalue weighted by Gasteiger charge is -2.04. The molecule has 1 aromatic heterocycles. The molecule has 4 nitrogen and oxygen atoms in total. The number of nitriles is 1. The van der Waals surface area contributed by atoms with Crippen LogP contribution in [-0.4, -0.2) is 14.7 Å². The van der Waals surface area contributed by atoms with Gasteiger partial charge in [-0.1, -0.05) is 29.8 Å². The van der Waals surface area contributed by atoms with E-state index in [1.165, 1.54) is 0 Å². The molecule has 0 saturated heterocycles. The van der Waals surface area contributed by atoms with Crippen LogP contribution in [0.2, 0.25) is 0 Å². The van der Waals surface area contributed by atoms with E-state index in [-0.39, 0.29) is 14.8 Å². The summed E-state index contributed by atoms with van der Waals surface area (Å²) in [4.78, 5) is 0. The number of rotatable bonds is 2. The van der Waals surface area contributed by atoms with Crippen molar-refractivity contribution in [1.82, 2.24) is 0 Å². The molecule has 1 aromatic carbocycles. The predicted molar refractivity (Wildman–Crippen MR) is 76.7 cm³/mol. The van der Waals surface area contributed by atoms with Gasteiger partial charge in [0.1, 0.15) is 15.3 Å². The number of benzene rings is 1. The van der Waals surface area contributed by atoms with E-state index in [4.69, 9.17) is 5.73 Å². The fraction of sp³-hybridized carbons (Fsp3) is 0.154. The number of nitrogen functional groups attached to an aromatic ring is 1. The van der Waals surface area contributed by atoms with Crippen LogP contribution in [0, 0.1) is 18.3 Å². The summed E-state index contributed by atoms with van der Waals surface area (Å²) in [5.74, 6) is 0. The molecule has 1 heterocycles. The Hall–Kier alpha value is -1.84. The molecular weight excluding hydrogens is 280 g/mol. The molecule has 0 aliphatic rings. The molecule has 0 bridgehead atoms. The van der Waals surface area contributed by atoms with Gasteiger partial charge in [0.05, 0.1) is 5.56 Å². The quantitative estimate of drug-likeness (QED) is 0.922. The van der Waals surface area contributed by atoms with E-state index in [9.17, 15) is 13.7 Å². The Morgan fingerprint density at radius 1 is 1.37 bits per heavy atom. The second-order valence-electron chi connectivity index (χ2n) is 4.26. The van der Waals surface area contributed by atoms with Crippen molar-refractivity contribution in [2.24, 2.45) is 0 Å². The van der Waals surface area contributed by atoms with Crippen molar-refractivity contribution in [3.8, 4) is 17.2 Å². The molecule has 6 heteroatoms. The molecule has 0 spiro atoms. The minimum atomic E-state index is -3.42. The standard InChI is InChI=1S/C13H12N2O2S2/c1-8-4-3-5-9(6-8)11-10(7-14)12(15)18-13(11)19(2,16)17/h3-6H,15H2,1-2H3. The molecular formula is C13H12N2O2S2. The van der Waals surface area contributed by atoms with E-state index < -0.39 is 9.84 Å². The highest BCUT2D eigenvalue weighted by atomic mass is 32.2. The van der Waals surface area contributed by atoms with Crippen LogP contribution in [0.25, 0.3) is 11.1 Å². The Bertz CT molecular complexity index is 783. The smallest absolute Gasteiger partial charge is 0.185 e. The van der Waals surface area contributed by atoms with Crippen LogP contribution in [0.15, 0.2) is 28.5 Å². The van der Waals surface area contributed by atoms with Gasteiger partial charge in [0.15, 0.2) is 9.84 Å². The largest absolute Gasteiger partial charge is 0.389 e. The van der Waals surface area contributed by atoms with Crippen molar-refractivity contribution in [1.29, 1.82) is 5.26 Å². The summed E-state index contributed by atoms with van der Waals surface area (Å²) in [7, 11) is -3.42. The van der Waals surface area contributed by atoms with Gasteiger partial charge in [-0.3, -0.25) is 0 Å². The van der Waals surface area contributed by atoms with Crippen molar-refractivity contribution >= 4 is 26.2 Å². The topological polar surface area (TPSA) is 83.9 Å². The number of anilines is 1. The lowest BCUT2D eigenvalue weighted by molar-refractivity contribution is 0.604. The Morgan fingerprint density at radius 2 is 2.05 bits per heavy atom. The minimum absolute atomic E-state index is 0.146. The molecule has 2 aromatic rings. The maximum atomic E-state index is 11.8. The molecule has 0 fully saturated rings. The molecule has 0 aliphatic heterocycles. The van der Waals surface area contributed by atoms with E-state index in [2.05, 4.69) is 0 Å². The highest BCUT2D eigenvalue weighted by Crippen LogP contribution is 2.41. The molecule has 2 N–H and O–H groups in total. The van der Waals surface area contributed by atoms with Crippen molar-refractivity contribution in [2.75, 3.05) is 12.0 Å². The highest BCUT2D eigenvalue weighted by molar-refractivity contribution is 7.93. The Morgan fingerprint density at radius 3 is 2.58 bits per heavy atom. The van der Waals surface area contributed by atoms with Gasteiger partial charge in [-0.05, 0) is 12.5 Å². The Balaban J connectivity index is 2.86. The number of nitrogens with zero attached hydrogens (tertiary/aromatic N) is 1. The van der Waals surface area contributed by atoms with Crippen LogP contribution >= 0.6 is 11.3 Å². The van der Waals surface area contributed by atoms with Crippen LogP contribution < -0.4 is 5.73 Å². The number of hydrogen-bond acceptors (Lipinski definition) is 5. The first-order valence-corrected chi connectivity index (χ1v) is 8.15. The summed E-state index contributed by atoms with van der Waals surface area (Å²) in [5, 5.41) is 9.43. The van der Waals surface area contributed by atoms with Gasteiger partial charge >= 0.3 is 0 Å². The third-order valence-corrected chi connectivity index (χ3v) is 5.51. The van der Waals surface area contributed by atoms with E-state index in [0.29, 0.717) is 11.1 Å². The zero-order valence-electron chi connectivity index (χ0n) is 10.5. The van der Waals surface area contributed by atoms with Gasteiger partial charge in [-0.15, -0.1) is 11.3 Å². The van der Waals surface area contributed by atoms with E-state index >= 15 is 0 Å². The van der Waals surface area contributed by atoms with Crippen molar-refractivity contribution in [2.45, 2.75) is 11.1 Å². The molecule has 0 amide bonds. The zero-order chi connectivity index (χ0) is 14.2. The number of thiophene rings is 1. The second-order valence-corrected chi connectivity index (χ2v) is 7.52. The fourth-order valence-corrected chi connectivity index (χ4v) is 4.10. The Labute approximate surface area is 116 Å². The van der Waals surface area contributed by atoms with Crippen molar-refractivity contribution in [3.63, 3.8) is 0 Å². The van der Waals surface area contributed by atoms with Gasteiger partial charge in [-0.2, -0.15) is 5.26 Å². The molecule has 98 valence electrons. The normalized spacial score (nSPS) is 11.2. The summed E-state index contributed by atoms with van der Waals surface area (Å²) in [5.41, 5.74) is 8.09. The molecule has 2 rings (SSSR count). The maximum absolute atomic E-state index is 11.8. The number of nitrogens with two attached hydrogens (primary N) is 1. The summed E-state index contributed by atoms with van der Waals surface area (Å²) in [6.45, 7) is 1.91. The molecule has 0 aliphatic carbocycles. The highest BCUT2D eigenvalue weighted by Gasteiger charge is 2.24. The van der Waals surface area contributed by atoms with Crippen LogP contribution in [-0.2, 0) is 9.84 Å². The fourth-order valence-electron chi connectivity index (χ4n) is 1.86. The molecule has 19 heavy (non-hydrogen) atoms. The van der Waals surface area contributed by atoms with Gasteiger partial charge in [0, 0.05) is 11.8 Å². The van der Waals surface area contributed by atoms with Crippen molar-refractivity contribution in [3.05, 3.63) is 35.4 Å². The number of aryl methyl sites for hydroxylation is 1. The Kier molecular flexibility index (Phi) is 3.35. The SMILES string of the molecule is Cc1cccc(-c2c(S(C)(=O)=O)sc(N)c2C#N)c1. The third kappa shape index (κ3) is 2.48. The first-order chi connectivity index (χ1) is 8.84. The van der Waals surface area contributed by atoms with E-state index in [1.807, 2.05) is 31.2 Å². The first-order valence-electron chi connectivity index (χ1n) is 5.44. The minimum Gasteiger partial charge on any atom is -0.389 e. The maximum Gasteiger partial charge on any atom is 0.185 e. The van der Waals surface area contributed by atoms with Gasteiger partial charge in [0.25, 0.3) is 0 Å². The second kappa shape index (κ2) is 4.68. The third-order valence-electron chi connectivity index (χ3n) is 2.66. The zero-order valence-corrected chi connectivity index (χ0v) is 12.1. The van der Waals surface area contributed by atoms with Gasteiger partial charge < -0.3 is 5.73 Å².